The lowest BCUT2D eigenvalue weighted by Gasteiger charge is -2.22. The van der Waals surface area contributed by atoms with Gasteiger partial charge in [-0.25, -0.2) is 13.1 Å². The van der Waals surface area contributed by atoms with Crippen LogP contribution in [0, 0.1) is 22.0 Å². The molecule has 2 atom stereocenters. The van der Waals surface area contributed by atoms with Crippen LogP contribution in [0.4, 0.5) is 5.69 Å². The average molecular weight is 551 g/mol. The summed E-state index contributed by atoms with van der Waals surface area (Å²) in [6.45, 7) is 5.21. The van der Waals surface area contributed by atoms with E-state index in [4.69, 9.17) is 0 Å². The number of guanidine groups is 1. The number of nitro groups is 1. The molecule has 1 heterocycles. The van der Waals surface area contributed by atoms with Gasteiger partial charge < -0.3 is 10.2 Å². The molecule has 2 aliphatic rings. The molecule has 0 aromatic heterocycles. The van der Waals surface area contributed by atoms with Gasteiger partial charge in [0.25, 0.3) is 5.69 Å². The molecule has 1 saturated heterocycles. The molecule has 168 valence electrons. The third-order valence-corrected chi connectivity index (χ3v) is 7.07. The molecule has 2 fully saturated rings. The Balaban J connectivity index is 0.00000320. The van der Waals surface area contributed by atoms with Gasteiger partial charge in [0.15, 0.2) is 5.96 Å². The first kappa shape index (κ1) is 24.8. The highest BCUT2D eigenvalue weighted by Crippen LogP contribution is 2.35. The number of likely N-dealkylation sites (tertiary alicyclic amines) is 1. The van der Waals surface area contributed by atoms with Crippen molar-refractivity contribution in [3.8, 4) is 0 Å². The number of hydrogen-bond donors (Lipinski definition) is 2. The molecule has 0 bridgehead atoms. The summed E-state index contributed by atoms with van der Waals surface area (Å²) >= 11 is 0. The molecule has 1 aliphatic heterocycles. The molecule has 0 radical (unpaired) electrons. The molecule has 0 amide bonds. The zero-order valence-corrected chi connectivity index (χ0v) is 20.3. The number of rotatable bonds is 7. The van der Waals surface area contributed by atoms with Crippen LogP contribution in [0.25, 0.3) is 0 Å². The van der Waals surface area contributed by atoms with Crippen LogP contribution in [0.2, 0.25) is 0 Å². The van der Waals surface area contributed by atoms with Crippen LogP contribution in [-0.2, 0) is 10.0 Å². The molecule has 2 unspecified atom stereocenters. The molecule has 2 N–H and O–H groups in total. The second-order valence-electron chi connectivity index (χ2n) is 7.60. The van der Waals surface area contributed by atoms with E-state index in [9.17, 15) is 18.5 Å². The van der Waals surface area contributed by atoms with Crippen LogP contribution < -0.4 is 10.0 Å². The van der Waals surface area contributed by atoms with Crippen LogP contribution >= 0.6 is 24.0 Å². The Kier molecular flexibility index (Phi) is 9.29. The van der Waals surface area contributed by atoms with E-state index in [2.05, 4.69) is 19.9 Å². The lowest BCUT2D eigenvalue weighted by molar-refractivity contribution is -0.385. The highest BCUT2D eigenvalue weighted by Gasteiger charge is 2.35. The number of hydrogen-bond acceptors (Lipinski definition) is 5. The van der Waals surface area contributed by atoms with E-state index in [0.717, 1.165) is 43.5 Å². The number of fused-ring (bicyclic) bond motifs is 1. The number of benzene rings is 1. The Bertz CT molecular complexity index is 850. The number of non-ortho nitro benzene ring substituents is 1. The summed E-state index contributed by atoms with van der Waals surface area (Å²) < 4.78 is 27.3. The normalized spacial score (nSPS) is 21.6. The molecule has 3 rings (SSSR count). The summed E-state index contributed by atoms with van der Waals surface area (Å²) in [5, 5.41) is 14.2. The topological polar surface area (TPSA) is 117 Å². The molecule has 0 spiro atoms. The summed E-state index contributed by atoms with van der Waals surface area (Å²) in [6.07, 6.45) is 5.18. The molecular formula is C19H30IN5O4S. The van der Waals surface area contributed by atoms with Gasteiger partial charge in [0.2, 0.25) is 10.0 Å². The van der Waals surface area contributed by atoms with E-state index >= 15 is 0 Å². The van der Waals surface area contributed by atoms with Crippen molar-refractivity contribution >= 4 is 45.6 Å². The molecule has 1 saturated carbocycles. The highest BCUT2D eigenvalue weighted by molar-refractivity contribution is 14.0. The second-order valence-corrected chi connectivity index (χ2v) is 9.36. The third kappa shape index (κ3) is 6.27. The summed E-state index contributed by atoms with van der Waals surface area (Å²) in [6, 6.07) is 5.02. The summed E-state index contributed by atoms with van der Waals surface area (Å²) in [5.41, 5.74) is -0.254. The summed E-state index contributed by atoms with van der Waals surface area (Å²) in [7, 11) is -3.82. The van der Waals surface area contributed by atoms with E-state index in [1.54, 1.807) is 0 Å². The smallest absolute Gasteiger partial charge is 0.270 e. The van der Waals surface area contributed by atoms with Gasteiger partial charge in [-0.15, -0.1) is 24.0 Å². The molecule has 9 nitrogen and oxygen atoms in total. The Hall–Kier alpha value is -1.47. The van der Waals surface area contributed by atoms with Gasteiger partial charge in [0.05, 0.1) is 16.4 Å². The number of halogens is 1. The molecular weight excluding hydrogens is 521 g/mol. The summed E-state index contributed by atoms with van der Waals surface area (Å²) in [5.74, 6) is 2.30. The lowest BCUT2D eigenvalue weighted by Crippen LogP contribution is -2.41. The van der Waals surface area contributed by atoms with E-state index in [1.165, 1.54) is 43.9 Å². The van der Waals surface area contributed by atoms with Gasteiger partial charge in [-0.3, -0.25) is 15.1 Å². The van der Waals surface area contributed by atoms with Crippen LogP contribution in [0.15, 0.2) is 34.2 Å². The number of aliphatic imine (C=N–C) groups is 1. The number of nitrogens with one attached hydrogen (secondary N) is 2. The minimum Gasteiger partial charge on any atom is -0.357 e. The van der Waals surface area contributed by atoms with E-state index in [1.807, 2.05) is 6.92 Å². The number of nitro benzene ring substituents is 1. The zero-order valence-electron chi connectivity index (χ0n) is 17.1. The maximum absolute atomic E-state index is 12.4. The first-order valence-corrected chi connectivity index (χ1v) is 11.7. The first-order valence-electron chi connectivity index (χ1n) is 10.2. The maximum atomic E-state index is 12.4. The molecule has 1 aromatic carbocycles. The third-order valence-electron chi connectivity index (χ3n) is 5.61. The van der Waals surface area contributed by atoms with E-state index in [-0.39, 0.29) is 41.1 Å². The van der Waals surface area contributed by atoms with Gasteiger partial charge in [-0.1, -0.05) is 18.9 Å². The fourth-order valence-electron chi connectivity index (χ4n) is 4.19. The number of nitrogens with zero attached hydrogens (tertiary/aromatic N) is 3. The first-order chi connectivity index (χ1) is 13.9. The van der Waals surface area contributed by atoms with Crippen LogP contribution in [-0.4, -0.2) is 56.9 Å². The van der Waals surface area contributed by atoms with Gasteiger partial charge in [-0.2, -0.15) is 0 Å². The fourth-order valence-corrected chi connectivity index (χ4v) is 5.25. The second kappa shape index (κ2) is 11.2. The monoisotopic (exact) mass is 551 g/mol. The number of sulfonamides is 1. The van der Waals surface area contributed by atoms with Crippen molar-refractivity contribution in [3.05, 3.63) is 34.4 Å². The van der Waals surface area contributed by atoms with Crippen molar-refractivity contribution in [1.29, 1.82) is 0 Å². The SMILES string of the molecule is CCNC(=NCCNS(=O)(=O)c1cccc([N+](=O)[O-])c1)N1CC2CCCCC2C1.I. The largest absolute Gasteiger partial charge is 0.357 e. The quantitative estimate of drug-likeness (QED) is 0.134. The molecule has 30 heavy (non-hydrogen) atoms. The van der Waals surface area contributed by atoms with E-state index in [0.29, 0.717) is 6.54 Å². The fraction of sp³-hybridized carbons (Fsp3) is 0.632. The van der Waals surface area contributed by atoms with Crippen LogP contribution in [0.1, 0.15) is 32.6 Å². The van der Waals surface area contributed by atoms with Gasteiger partial charge in [0.1, 0.15) is 0 Å². The Morgan fingerprint density at radius 2 is 1.93 bits per heavy atom. The highest BCUT2D eigenvalue weighted by atomic mass is 127. The van der Waals surface area contributed by atoms with E-state index < -0.39 is 14.9 Å². The standard InChI is InChI=1S/C19H29N5O4S.HI/c1-2-20-19(23-13-15-6-3-4-7-16(15)14-23)21-10-11-22-29(27,28)18-9-5-8-17(12-18)24(25)26;/h5,8-9,12,15-16,22H,2-4,6-7,10-11,13-14H2,1H3,(H,20,21);1H. The molecule has 1 aromatic rings. The van der Waals surface area contributed by atoms with Crippen molar-refractivity contribution in [1.82, 2.24) is 14.9 Å². The minimum absolute atomic E-state index is 0. The van der Waals surface area contributed by atoms with Crippen molar-refractivity contribution in [2.45, 2.75) is 37.5 Å². The Labute approximate surface area is 194 Å². The lowest BCUT2D eigenvalue weighted by atomic mass is 9.82. The van der Waals surface area contributed by atoms with Crippen molar-refractivity contribution in [3.63, 3.8) is 0 Å². The molecule has 1 aliphatic carbocycles. The minimum atomic E-state index is -3.82. The van der Waals surface area contributed by atoms with Gasteiger partial charge in [0, 0.05) is 38.3 Å². The Morgan fingerprint density at radius 1 is 1.27 bits per heavy atom. The van der Waals surface area contributed by atoms with Crippen LogP contribution in [0.5, 0.6) is 0 Å². The summed E-state index contributed by atoms with van der Waals surface area (Å²) in [4.78, 5) is 17.0. The average Bonchev–Trinajstić information content (AvgIpc) is 3.14. The predicted molar refractivity (Wildman–Crippen MR) is 127 cm³/mol. The van der Waals surface area contributed by atoms with Crippen molar-refractivity contribution in [2.75, 3.05) is 32.7 Å². The predicted octanol–water partition coefficient (Wildman–Crippen LogP) is 2.58. The molecule has 11 heteroatoms. The van der Waals surface area contributed by atoms with Crippen molar-refractivity contribution < 1.29 is 13.3 Å². The zero-order chi connectivity index (χ0) is 20.9. The maximum Gasteiger partial charge on any atom is 0.270 e. The van der Waals surface area contributed by atoms with Gasteiger partial charge >= 0.3 is 0 Å². The van der Waals surface area contributed by atoms with Gasteiger partial charge in [-0.05, 0) is 37.7 Å². The Morgan fingerprint density at radius 3 is 2.53 bits per heavy atom. The van der Waals surface area contributed by atoms with Crippen LogP contribution in [0.3, 0.4) is 0 Å². The van der Waals surface area contributed by atoms with Crippen molar-refractivity contribution in [2.24, 2.45) is 16.8 Å².